The Kier molecular flexibility index (Phi) is 4.16. The van der Waals surface area contributed by atoms with Crippen molar-refractivity contribution in [2.75, 3.05) is 0 Å². The molecule has 4 nitrogen and oxygen atoms in total. The Labute approximate surface area is 144 Å². The predicted octanol–water partition coefficient (Wildman–Crippen LogP) is 4.30. The highest BCUT2D eigenvalue weighted by atomic mass is 35.5. The highest BCUT2D eigenvalue weighted by Gasteiger charge is 2.23. The number of benzene rings is 2. The third kappa shape index (κ3) is 2.59. The lowest BCUT2D eigenvalue weighted by molar-refractivity contribution is -0.108. The molecule has 0 fully saturated rings. The van der Waals surface area contributed by atoms with Gasteiger partial charge in [-0.3, -0.25) is 9.36 Å². The van der Waals surface area contributed by atoms with Gasteiger partial charge in [0.1, 0.15) is 12.0 Å². The number of hydrogen-bond donors (Lipinski definition) is 1. The molecule has 1 atom stereocenters. The molecule has 0 saturated heterocycles. The molecule has 2 aromatic carbocycles. The summed E-state index contributed by atoms with van der Waals surface area (Å²) in [6.45, 7) is 3.58. The number of phenolic OH excluding ortho intramolecular Hbond substituents is 1. The standard InChI is InChI=1S/C19H16ClNO3/c1-11(10-22)18-12(2)21(17-8-7-15(23)9-16(17)18)19(24)13-3-5-14(20)6-4-13/h3-11,23H,1-2H3/t11-/m0/s1. The second-order valence-electron chi connectivity index (χ2n) is 5.77. The lowest BCUT2D eigenvalue weighted by atomic mass is 9.99. The van der Waals surface area contributed by atoms with E-state index >= 15 is 0 Å². The molecule has 0 saturated carbocycles. The van der Waals surface area contributed by atoms with Crippen molar-refractivity contribution in [1.29, 1.82) is 0 Å². The molecular weight excluding hydrogens is 326 g/mol. The molecule has 1 N–H and O–H groups in total. The molecule has 0 unspecified atom stereocenters. The summed E-state index contributed by atoms with van der Waals surface area (Å²) >= 11 is 5.89. The smallest absolute Gasteiger partial charge is 0.262 e. The summed E-state index contributed by atoms with van der Waals surface area (Å²) < 4.78 is 1.58. The Balaban J connectivity index is 2.28. The highest BCUT2D eigenvalue weighted by molar-refractivity contribution is 6.30. The summed E-state index contributed by atoms with van der Waals surface area (Å²) in [6, 6.07) is 11.5. The molecule has 24 heavy (non-hydrogen) atoms. The van der Waals surface area contributed by atoms with Gasteiger partial charge in [-0.1, -0.05) is 18.5 Å². The van der Waals surface area contributed by atoms with Crippen molar-refractivity contribution in [3.05, 3.63) is 64.3 Å². The van der Waals surface area contributed by atoms with Crippen molar-refractivity contribution in [1.82, 2.24) is 4.57 Å². The fourth-order valence-electron chi connectivity index (χ4n) is 3.06. The van der Waals surface area contributed by atoms with Crippen LogP contribution in [0.15, 0.2) is 42.5 Å². The number of carbonyl (C=O) groups excluding carboxylic acids is 2. The number of fused-ring (bicyclic) bond motifs is 1. The van der Waals surface area contributed by atoms with Crippen LogP contribution in [0.3, 0.4) is 0 Å². The van der Waals surface area contributed by atoms with Crippen LogP contribution in [0.25, 0.3) is 10.9 Å². The van der Waals surface area contributed by atoms with Gasteiger partial charge in [0.2, 0.25) is 0 Å². The van der Waals surface area contributed by atoms with E-state index in [0.29, 0.717) is 27.2 Å². The average Bonchev–Trinajstić information content (AvgIpc) is 2.85. The Morgan fingerprint density at radius 2 is 1.88 bits per heavy atom. The first-order chi connectivity index (χ1) is 11.4. The molecule has 0 radical (unpaired) electrons. The van der Waals surface area contributed by atoms with E-state index in [2.05, 4.69) is 0 Å². The van der Waals surface area contributed by atoms with Gasteiger partial charge in [-0.15, -0.1) is 0 Å². The maximum Gasteiger partial charge on any atom is 0.262 e. The second-order valence-corrected chi connectivity index (χ2v) is 6.21. The molecule has 5 heteroatoms. The van der Waals surface area contributed by atoms with E-state index < -0.39 is 0 Å². The second kappa shape index (κ2) is 6.13. The van der Waals surface area contributed by atoms with Gasteiger partial charge < -0.3 is 9.90 Å². The molecular formula is C19H16ClNO3. The number of hydrogen-bond acceptors (Lipinski definition) is 3. The number of aromatic hydroxyl groups is 1. The van der Waals surface area contributed by atoms with E-state index in [9.17, 15) is 14.7 Å². The first kappa shape index (κ1) is 16.3. The van der Waals surface area contributed by atoms with Gasteiger partial charge in [-0.05, 0) is 55.0 Å². The molecule has 3 rings (SSSR count). The zero-order chi connectivity index (χ0) is 17.4. The highest BCUT2D eigenvalue weighted by Crippen LogP contribution is 2.33. The number of rotatable bonds is 3. The molecule has 0 aliphatic heterocycles. The van der Waals surface area contributed by atoms with Crippen molar-refractivity contribution < 1.29 is 14.7 Å². The normalized spacial score (nSPS) is 12.3. The third-order valence-corrected chi connectivity index (χ3v) is 4.44. The van der Waals surface area contributed by atoms with Crippen LogP contribution in [0.5, 0.6) is 5.75 Å². The lowest BCUT2D eigenvalue weighted by Gasteiger charge is -2.08. The van der Waals surface area contributed by atoms with Crippen LogP contribution >= 0.6 is 11.6 Å². The fourth-order valence-corrected chi connectivity index (χ4v) is 3.18. The minimum Gasteiger partial charge on any atom is -0.508 e. The van der Waals surface area contributed by atoms with Crippen LogP contribution in [0, 0.1) is 6.92 Å². The Morgan fingerprint density at radius 3 is 2.50 bits per heavy atom. The number of carbonyl (C=O) groups is 2. The SMILES string of the molecule is Cc1c([C@@H](C)C=O)c2cc(O)ccc2n1C(=O)c1ccc(Cl)cc1. The summed E-state index contributed by atoms with van der Waals surface area (Å²) in [5.74, 6) is -0.490. The van der Waals surface area contributed by atoms with Crippen molar-refractivity contribution in [3.63, 3.8) is 0 Å². The molecule has 0 aliphatic rings. The van der Waals surface area contributed by atoms with Crippen LogP contribution < -0.4 is 0 Å². The molecule has 122 valence electrons. The quantitative estimate of drug-likeness (QED) is 0.722. The topological polar surface area (TPSA) is 59.3 Å². The predicted molar refractivity (Wildman–Crippen MR) is 94.0 cm³/mol. The maximum atomic E-state index is 13.0. The number of phenols is 1. The van der Waals surface area contributed by atoms with Crippen LogP contribution in [-0.2, 0) is 4.79 Å². The van der Waals surface area contributed by atoms with Gasteiger partial charge in [0, 0.05) is 27.6 Å². The summed E-state index contributed by atoms with van der Waals surface area (Å²) in [4.78, 5) is 24.3. The van der Waals surface area contributed by atoms with E-state index in [1.54, 1.807) is 54.8 Å². The zero-order valence-corrected chi connectivity index (χ0v) is 14.0. The summed E-state index contributed by atoms with van der Waals surface area (Å²) in [5, 5.41) is 11.1. The zero-order valence-electron chi connectivity index (χ0n) is 13.3. The molecule has 0 amide bonds. The molecule has 0 spiro atoms. The molecule has 1 heterocycles. The van der Waals surface area contributed by atoms with E-state index in [1.807, 2.05) is 0 Å². The number of nitrogens with zero attached hydrogens (tertiary/aromatic N) is 1. The van der Waals surface area contributed by atoms with Crippen LogP contribution in [0.2, 0.25) is 5.02 Å². The van der Waals surface area contributed by atoms with Crippen molar-refractivity contribution in [2.24, 2.45) is 0 Å². The fraction of sp³-hybridized carbons (Fsp3) is 0.158. The number of halogens is 1. The largest absolute Gasteiger partial charge is 0.508 e. The summed E-state index contributed by atoms with van der Waals surface area (Å²) in [5.41, 5.74) is 2.60. The van der Waals surface area contributed by atoms with Gasteiger partial charge in [0.25, 0.3) is 5.91 Å². The number of aromatic nitrogens is 1. The van der Waals surface area contributed by atoms with Crippen LogP contribution in [0.1, 0.15) is 34.5 Å². The first-order valence-corrected chi connectivity index (χ1v) is 7.91. The van der Waals surface area contributed by atoms with Gasteiger partial charge in [-0.2, -0.15) is 0 Å². The van der Waals surface area contributed by atoms with E-state index in [0.717, 1.165) is 11.8 Å². The summed E-state index contributed by atoms with van der Waals surface area (Å²) in [7, 11) is 0. The Morgan fingerprint density at radius 1 is 1.21 bits per heavy atom. The first-order valence-electron chi connectivity index (χ1n) is 7.53. The van der Waals surface area contributed by atoms with Gasteiger partial charge >= 0.3 is 0 Å². The molecule has 0 aliphatic carbocycles. The van der Waals surface area contributed by atoms with Crippen LogP contribution in [-0.4, -0.2) is 21.9 Å². The van der Waals surface area contributed by atoms with Gasteiger partial charge in [0.05, 0.1) is 5.52 Å². The van der Waals surface area contributed by atoms with Gasteiger partial charge in [0.15, 0.2) is 0 Å². The number of aldehydes is 1. The van der Waals surface area contributed by atoms with E-state index in [-0.39, 0.29) is 17.6 Å². The maximum absolute atomic E-state index is 13.0. The average molecular weight is 342 g/mol. The molecule has 3 aromatic rings. The van der Waals surface area contributed by atoms with Crippen molar-refractivity contribution in [3.8, 4) is 5.75 Å². The third-order valence-electron chi connectivity index (χ3n) is 4.19. The summed E-state index contributed by atoms with van der Waals surface area (Å²) in [6.07, 6.45) is 0.836. The van der Waals surface area contributed by atoms with E-state index in [4.69, 9.17) is 11.6 Å². The van der Waals surface area contributed by atoms with Crippen molar-refractivity contribution >= 4 is 34.7 Å². The Bertz CT molecular complexity index is 941. The lowest BCUT2D eigenvalue weighted by Crippen LogP contribution is -2.14. The molecule has 0 bridgehead atoms. The minimum atomic E-state index is -0.381. The Hall–Kier alpha value is -2.59. The molecule has 1 aromatic heterocycles. The van der Waals surface area contributed by atoms with Crippen molar-refractivity contribution in [2.45, 2.75) is 19.8 Å². The minimum absolute atomic E-state index is 0.0953. The van der Waals surface area contributed by atoms with Crippen LogP contribution in [0.4, 0.5) is 0 Å². The van der Waals surface area contributed by atoms with Gasteiger partial charge in [-0.25, -0.2) is 0 Å². The van der Waals surface area contributed by atoms with E-state index in [1.165, 1.54) is 6.07 Å². The monoisotopic (exact) mass is 341 g/mol.